The van der Waals surface area contributed by atoms with Gasteiger partial charge in [0.15, 0.2) is 0 Å². The highest BCUT2D eigenvalue weighted by molar-refractivity contribution is 7.99. The van der Waals surface area contributed by atoms with Gasteiger partial charge in [-0.1, -0.05) is 55.8 Å². The largest absolute Gasteiger partial charge is 0.325 e. The van der Waals surface area contributed by atoms with E-state index >= 15 is 0 Å². The number of hydrogen-bond acceptors (Lipinski definition) is 2. The molecule has 1 N–H and O–H groups in total. The molecule has 0 aliphatic rings. The third kappa shape index (κ3) is 5.29. The van der Waals surface area contributed by atoms with E-state index in [2.05, 4.69) is 25.2 Å². The van der Waals surface area contributed by atoms with Gasteiger partial charge in [0, 0.05) is 16.5 Å². The molecule has 4 heteroatoms. The van der Waals surface area contributed by atoms with Crippen molar-refractivity contribution in [3.05, 3.63) is 64.7 Å². The molecule has 2 aromatic carbocycles. The molecule has 0 spiro atoms. The molecule has 2 aromatic rings. The Labute approximate surface area is 147 Å². The molecule has 2 nitrogen and oxygen atoms in total. The van der Waals surface area contributed by atoms with Crippen molar-refractivity contribution < 1.29 is 4.79 Å². The number of amides is 1. The third-order valence-corrected chi connectivity index (χ3v) is 5.09. The van der Waals surface area contributed by atoms with Crippen molar-refractivity contribution in [2.45, 2.75) is 37.7 Å². The number of rotatable bonds is 6. The highest BCUT2D eigenvalue weighted by atomic mass is 35.5. The molecule has 2 rings (SSSR count). The predicted molar refractivity (Wildman–Crippen MR) is 101 cm³/mol. The molecule has 0 saturated carbocycles. The Morgan fingerprint density at radius 1 is 1.09 bits per heavy atom. The van der Waals surface area contributed by atoms with E-state index in [0.717, 1.165) is 22.0 Å². The van der Waals surface area contributed by atoms with Crippen molar-refractivity contribution in [3.63, 3.8) is 0 Å². The van der Waals surface area contributed by atoms with Crippen molar-refractivity contribution in [3.8, 4) is 0 Å². The Hall–Kier alpha value is -1.45. The van der Waals surface area contributed by atoms with Gasteiger partial charge < -0.3 is 5.32 Å². The molecular formula is C19H22ClNOS. The van der Waals surface area contributed by atoms with Gasteiger partial charge in [0.05, 0.1) is 5.25 Å². The summed E-state index contributed by atoms with van der Waals surface area (Å²) in [6.45, 7) is 6.20. The topological polar surface area (TPSA) is 29.1 Å². The van der Waals surface area contributed by atoms with Crippen molar-refractivity contribution in [2.75, 3.05) is 5.32 Å². The van der Waals surface area contributed by atoms with Gasteiger partial charge in [-0.25, -0.2) is 0 Å². The minimum Gasteiger partial charge on any atom is -0.325 e. The normalized spacial score (nSPS) is 12.2. The SMILES string of the molecule is CC(C)c1ccccc1NC(=O)[C@@H](C)SCc1ccc(Cl)cc1. The molecule has 1 atom stereocenters. The summed E-state index contributed by atoms with van der Waals surface area (Å²) >= 11 is 7.51. The van der Waals surface area contributed by atoms with E-state index in [1.54, 1.807) is 11.8 Å². The number of para-hydroxylation sites is 1. The Morgan fingerprint density at radius 2 is 1.74 bits per heavy atom. The highest BCUT2D eigenvalue weighted by Gasteiger charge is 2.15. The average Bonchev–Trinajstić information content (AvgIpc) is 2.54. The Bertz CT molecular complexity index is 655. The van der Waals surface area contributed by atoms with Gasteiger partial charge in [0.1, 0.15) is 0 Å². The van der Waals surface area contributed by atoms with Crippen LogP contribution in [0.25, 0.3) is 0 Å². The fraction of sp³-hybridized carbons (Fsp3) is 0.316. The number of anilines is 1. The molecule has 0 heterocycles. The van der Waals surface area contributed by atoms with E-state index < -0.39 is 0 Å². The summed E-state index contributed by atoms with van der Waals surface area (Å²) in [7, 11) is 0. The van der Waals surface area contributed by atoms with Gasteiger partial charge in [-0.05, 0) is 42.2 Å². The van der Waals surface area contributed by atoms with Crippen LogP contribution in [0.5, 0.6) is 0 Å². The minimum absolute atomic E-state index is 0.0389. The lowest BCUT2D eigenvalue weighted by Crippen LogP contribution is -2.23. The van der Waals surface area contributed by atoms with Crippen LogP contribution in [-0.4, -0.2) is 11.2 Å². The fourth-order valence-electron chi connectivity index (χ4n) is 2.23. The fourth-order valence-corrected chi connectivity index (χ4v) is 3.20. The summed E-state index contributed by atoms with van der Waals surface area (Å²) in [4.78, 5) is 12.4. The van der Waals surface area contributed by atoms with Gasteiger partial charge >= 0.3 is 0 Å². The lowest BCUT2D eigenvalue weighted by atomic mass is 10.0. The molecule has 122 valence electrons. The van der Waals surface area contributed by atoms with Gasteiger partial charge in [0.2, 0.25) is 5.91 Å². The number of nitrogens with one attached hydrogen (secondary N) is 1. The van der Waals surface area contributed by atoms with Crippen molar-refractivity contribution in [1.82, 2.24) is 0 Å². The number of carbonyl (C=O) groups excluding carboxylic acids is 1. The van der Waals surface area contributed by atoms with Crippen LogP contribution < -0.4 is 5.32 Å². The van der Waals surface area contributed by atoms with E-state index in [4.69, 9.17) is 11.6 Å². The zero-order valence-corrected chi connectivity index (χ0v) is 15.2. The van der Waals surface area contributed by atoms with Crippen LogP contribution in [0, 0.1) is 0 Å². The molecule has 0 unspecified atom stereocenters. The van der Waals surface area contributed by atoms with Crippen LogP contribution in [0.3, 0.4) is 0 Å². The maximum atomic E-state index is 12.4. The van der Waals surface area contributed by atoms with E-state index in [1.165, 1.54) is 5.56 Å². The summed E-state index contributed by atoms with van der Waals surface area (Å²) in [5.41, 5.74) is 3.24. The Kier molecular flexibility index (Phi) is 6.55. The molecule has 0 aromatic heterocycles. The lowest BCUT2D eigenvalue weighted by Gasteiger charge is -2.16. The zero-order chi connectivity index (χ0) is 16.8. The van der Waals surface area contributed by atoms with Crippen molar-refractivity contribution in [1.29, 1.82) is 0 Å². The standard InChI is InChI=1S/C19H22ClNOS/c1-13(2)17-6-4-5-7-18(17)21-19(22)14(3)23-12-15-8-10-16(20)11-9-15/h4-11,13-14H,12H2,1-3H3,(H,21,22)/t14-/m1/s1. The summed E-state index contributed by atoms with van der Waals surface area (Å²) in [5.74, 6) is 1.21. The molecule has 0 radical (unpaired) electrons. The van der Waals surface area contributed by atoms with Gasteiger partial charge in [-0.2, -0.15) is 0 Å². The monoisotopic (exact) mass is 347 g/mol. The van der Waals surface area contributed by atoms with Gasteiger partial charge in [-0.3, -0.25) is 4.79 Å². The number of thioether (sulfide) groups is 1. The van der Waals surface area contributed by atoms with Crippen LogP contribution in [0.1, 0.15) is 37.8 Å². The zero-order valence-electron chi connectivity index (χ0n) is 13.7. The smallest absolute Gasteiger partial charge is 0.237 e. The molecule has 1 amide bonds. The van der Waals surface area contributed by atoms with Crippen molar-refractivity contribution >= 4 is 35.0 Å². The molecule has 23 heavy (non-hydrogen) atoms. The first-order chi connectivity index (χ1) is 11.0. The second-order valence-electron chi connectivity index (χ2n) is 5.81. The average molecular weight is 348 g/mol. The Balaban J connectivity index is 1.94. The van der Waals surface area contributed by atoms with Crippen LogP contribution in [0.4, 0.5) is 5.69 Å². The van der Waals surface area contributed by atoms with Crippen LogP contribution >= 0.6 is 23.4 Å². The first kappa shape index (κ1) is 17.9. The number of hydrogen-bond donors (Lipinski definition) is 1. The highest BCUT2D eigenvalue weighted by Crippen LogP contribution is 2.25. The van der Waals surface area contributed by atoms with Gasteiger partial charge in [-0.15, -0.1) is 11.8 Å². The van der Waals surface area contributed by atoms with E-state index in [-0.39, 0.29) is 11.2 Å². The van der Waals surface area contributed by atoms with Crippen LogP contribution in [0.2, 0.25) is 5.02 Å². The number of benzene rings is 2. The quantitative estimate of drug-likeness (QED) is 0.723. The molecule has 0 saturated heterocycles. The maximum absolute atomic E-state index is 12.4. The summed E-state index contributed by atoms with van der Waals surface area (Å²) in [5, 5.41) is 3.67. The first-order valence-electron chi connectivity index (χ1n) is 7.73. The van der Waals surface area contributed by atoms with E-state index in [1.807, 2.05) is 49.4 Å². The molecular weight excluding hydrogens is 326 g/mol. The van der Waals surface area contributed by atoms with Crippen LogP contribution in [0.15, 0.2) is 48.5 Å². The molecule has 0 fully saturated rings. The summed E-state index contributed by atoms with van der Waals surface area (Å²) in [6.07, 6.45) is 0. The second kappa shape index (κ2) is 8.42. The summed E-state index contributed by atoms with van der Waals surface area (Å²) in [6, 6.07) is 15.7. The van der Waals surface area contributed by atoms with Crippen molar-refractivity contribution in [2.24, 2.45) is 0 Å². The van der Waals surface area contributed by atoms with Gasteiger partial charge in [0.25, 0.3) is 0 Å². The maximum Gasteiger partial charge on any atom is 0.237 e. The minimum atomic E-state index is -0.120. The van der Waals surface area contributed by atoms with Crippen LogP contribution in [-0.2, 0) is 10.5 Å². The predicted octanol–water partition coefficient (Wildman–Crippen LogP) is 5.72. The van der Waals surface area contributed by atoms with E-state index in [9.17, 15) is 4.79 Å². The van der Waals surface area contributed by atoms with E-state index in [0.29, 0.717) is 5.92 Å². The third-order valence-electron chi connectivity index (χ3n) is 3.62. The molecule has 0 aliphatic carbocycles. The summed E-state index contributed by atoms with van der Waals surface area (Å²) < 4.78 is 0. The molecule has 0 bridgehead atoms. The first-order valence-corrected chi connectivity index (χ1v) is 9.16. The number of carbonyl (C=O) groups is 1. The number of halogens is 1. The molecule has 0 aliphatic heterocycles. The Morgan fingerprint density at radius 3 is 2.39 bits per heavy atom. The second-order valence-corrected chi connectivity index (χ2v) is 7.58. The lowest BCUT2D eigenvalue weighted by molar-refractivity contribution is -0.115.